The maximum Gasteiger partial charge on any atom is 0.322 e. The zero-order valence-corrected chi connectivity index (χ0v) is 13.7. The average Bonchev–Trinajstić information content (AvgIpc) is 2.49. The maximum absolute atomic E-state index is 11.5. The summed E-state index contributed by atoms with van der Waals surface area (Å²) in [6.07, 6.45) is 11.1. The highest BCUT2D eigenvalue weighted by Gasteiger charge is 2.06. The second kappa shape index (κ2) is 14.4. The Morgan fingerprint density at radius 2 is 1.23 bits per heavy atom. The van der Waals surface area contributed by atoms with Crippen LogP contribution in [0.25, 0.3) is 0 Å². The van der Waals surface area contributed by atoms with Crippen LogP contribution in [0.15, 0.2) is 0 Å². The molecule has 0 heterocycles. The summed E-state index contributed by atoms with van der Waals surface area (Å²) in [5.74, 6) is -1.74. The van der Waals surface area contributed by atoms with Crippen LogP contribution in [0.1, 0.15) is 71.1 Å². The predicted molar refractivity (Wildman–Crippen MR) is 85.5 cm³/mol. The molecular weight excluding hydrogens is 284 g/mol. The summed E-state index contributed by atoms with van der Waals surface area (Å²) >= 11 is 0. The van der Waals surface area contributed by atoms with Crippen molar-refractivity contribution in [1.29, 1.82) is 0 Å². The molecule has 0 saturated heterocycles. The van der Waals surface area contributed by atoms with Crippen LogP contribution in [-0.4, -0.2) is 36.0 Å². The van der Waals surface area contributed by atoms with Gasteiger partial charge in [0.2, 0.25) is 11.8 Å². The van der Waals surface area contributed by atoms with Crippen LogP contribution in [0.2, 0.25) is 0 Å². The normalized spacial score (nSPS) is 10.2. The van der Waals surface area contributed by atoms with E-state index in [9.17, 15) is 14.4 Å². The predicted octanol–water partition coefficient (Wildman–Crippen LogP) is 2.22. The lowest BCUT2D eigenvalue weighted by molar-refractivity contribution is -0.137. The van der Waals surface area contributed by atoms with E-state index in [0.717, 1.165) is 19.3 Å². The van der Waals surface area contributed by atoms with Crippen LogP contribution in [0.5, 0.6) is 0 Å². The monoisotopic (exact) mass is 314 g/mol. The number of hydrogen-bond donors (Lipinski definition) is 3. The fraction of sp³-hybridized carbons (Fsp3) is 0.812. The van der Waals surface area contributed by atoms with E-state index < -0.39 is 18.4 Å². The molecule has 0 spiro atoms. The van der Waals surface area contributed by atoms with Crippen LogP contribution < -0.4 is 10.6 Å². The molecule has 0 aliphatic carbocycles. The van der Waals surface area contributed by atoms with Crippen LogP contribution in [0.4, 0.5) is 0 Å². The quantitative estimate of drug-likeness (QED) is 0.428. The van der Waals surface area contributed by atoms with Gasteiger partial charge < -0.3 is 15.7 Å². The van der Waals surface area contributed by atoms with E-state index in [-0.39, 0.29) is 12.5 Å². The summed E-state index contributed by atoms with van der Waals surface area (Å²) in [4.78, 5) is 32.9. The van der Waals surface area contributed by atoms with Gasteiger partial charge in [-0.3, -0.25) is 14.4 Å². The van der Waals surface area contributed by atoms with Gasteiger partial charge in [0.1, 0.15) is 6.54 Å². The Balaban J connectivity index is 3.35. The summed E-state index contributed by atoms with van der Waals surface area (Å²) in [6.45, 7) is 1.62. The highest BCUT2D eigenvalue weighted by atomic mass is 16.4. The van der Waals surface area contributed by atoms with Crippen LogP contribution >= 0.6 is 0 Å². The van der Waals surface area contributed by atoms with E-state index >= 15 is 0 Å². The van der Waals surface area contributed by atoms with E-state index in [4.69, 9.17) is 5.11 Å². The van der Waals surface area contributed by atoms with Crippen molar-refractivity contribution in [3.8, 4) is 0 Å². The first-order valence-corrected chi connectivity index (χ1v) is 8.31. The largest absolute Gasteiger partial charge is 0.480 e. The number of unbranched alkanes of at least 4 members (excludes halogenated alkanes) is 8. The number of carbonyl (C=O) groups is 3. The second-order valence-corrected chi connectivity index (χ2v) is 5.53. The van der Waals surface area contributed by atoms with Gasteiger partial charge in [-0.1, -0.05) is 58.3 Å². The van der Waals surface area contributed by atoms with Crippen molar-refractivity contribution in [2.75, 3.05) is 13.1 Å². The van der Waals surface area contributed by atoms with Gasteiger partial charge in [-0.15, -0.1) is 0 Å². The molecule has 0 aliphatic rings. The molecular formula is C16H30N2O4. The third kappa shape index (κ3) is 14.8. The number of carboxylic acid groups (broad SMARTS) is 1. The minimum absolute atomic E-state index is 0.159. The first-order valence-electron chi connectivity index (χ1n) is 8.31. The Morgan fingerprint density at radius 1 is 0.727 bits per heavy atom. The van der Waals surface area contributed by atoms with Crippen LogP contribution in [0, 0.1) is 0 Å². The summed E-state index contributed by atoms with van der Waals surface area (Å²) in [5.41, 5.74) is 0. The smallest absolute Gasteiger partial charge is 0.322 e. The third-order valence-electron chi connectivity index (χ3n) is 3.39. The zero-order valence-electron chi connectivity index (χ0n) is 13.7. The van der Waals surface area contributed by atoms with Gasteiger partial charge in [0.15, 0.2) is 0 Å². The summed E-state index contributed by atoms with van der Waals surface area (Å²) < 4.78 is 0. The molecule has 22 heavy (non-hydrogen) atoms. The molecule has 0 aromatic heterocycles. The molecule has 2 amide bonds. The number of rotatable bonds is 14. The average molecular weight is 314 g/mol. The highest BCUT2D eigenvalue weighted by Crippen LogP contribution is 2.10. The number of carboxylic acids is 1. The van der Waals surface area contributed by atoms with Gasteiger partial charge in [0, 0.05) is 6.42 Å². The Morgan fingerprint density at radius 3 is 1.77 bits per heavy atom. The molecule has 0 bridgehead atoms. The number of carbonyl (C=O) groups excluding carboxylic acids is 2. The lowest BCUT2D eigenvalue weighted by Crippen LogP contribution is -2.38. The molecule has 0 saturated carbocycles. The minimum atomic E-state index is -1.10. The Kier molecular flexibility index (Phi) is 13.3. The van der Waals surface area contributed by atoms with Crippen LogP contribution in [0.3, 0.4) is 0 Å². The molecule has 6 nitrogen and oxygen atoms in total. The third-order valence-corrected chi connectivity index (χ3v) is 3.39. The highest BCUT2D eigenvalue weighted by molar-refractivity contribution is 5.86. The molecule has 0 fully saturated rings. The molecule has 0 atom stereocenters. The van der Waals surface area contributed by atoms with Crippen LogP contribution in [-0.2, 0) is 14.4 Å². The Bertz CT molecular complexity index is 332. The van der Waals surface area contributed by atoms with E-state index in [2.05, 4.69) is 17.6 Å². The molecule has 0 rings (SSSR count). The van der Waals surface area contributed by atoms with Gasteiger partial charge in [0.25, 0.3) is 0 Å². The van der Waals surface area contributed by atoms with Crippen molar-refractivity contribution < 1.29 is 19.5 Å². The summed E-state index contributed by atoms with van der Waals surface area (Å²) in [5, 5.41) is 13.1. The Labute approximate surface area is 133 Å². The molecule has 0 aliphatic heterocycles. The van der Waals surface area contributed by atoms with E-state index in [0.29, 0.717) is 6.42 Å². The van der Waals surface area contributed by atoms with Crippen molar-refractivity contribution >= 4 is 17.8 Å². The first-order chi connectivity index (χ1) is 10.6. The van der Waals surface area contributed by atoms with Gasteiger partial charge >= 0.3 is 5.97 Å². The molecule has 0 unspecified atom stereocenters. The topological polar surface area (TPSA) is 95.5 Å². The molecule has 0 aromatic rings. The lowest BCUT2D eigenvalue weighted by atomic mass is 10.1. The van der Waals surface area contributed by atoms with Crippen molar-refractivity contribution in [3.63, 3.8) is 0 Å². The molecule has 0 aromatic carbocycles. The van der Waals surface area contributed by atoms with Crippen molar-refractivity contribution in [3.05, 3.63) is 0 Å². The van der Waals surface area contributed by atoms with Crippen molar-refractivity contribution in [2.24, 2.45) is 0 Å². The number of amides is 2. The molecule has 3 N–H and O–H groups in total. The standard InChI is InChI=1S/C16H30N2O4/c1-2-3-4-5-6-7-8-9-10-11-14(19)17-12-15(20)18-13-16(21)22/h2-13H2,1H3,(H,17,19)(H,18,20)(H,21,22). The fourth-order valence-electron chi connectivity index (χ4n) is 2.10. The summed E-state index contributed by atoms with van der Waals surface area (Å²) in [6, 6.07) is 0. The second-order valence-electron chi connectivity index (χ2n) is 5.53. The lowest BCUT2D eigenvalue weighted by Gasteiger charge is -2.05. The minimum Gasteiger partial charge on any atom is -0.480 e. The number of hydrogen-bond acceptors (Lipinski definition) is 3. The zero-order chi connectivity index (χ0) is 16.6. The van der Waals surface area contributed by atoms with E-state index in [1.165, 1.54) is 38.5 Å². The first kappa shape index (κ1) is 20.4. The molecule has 0 radical (unpaired) electrons. The van der Waals surface area contributed by atoms with Crippen molar-refractivity contribution in [1.82, 2.24) is 10.6 Å². The van der Waals surface area contributed by atoms with E-state index in [1.807, 2.05) is 0 Å². The molecule has 6 heteroatoms. The molecule has 128 valence electrons. The van der Waals surface area contributed by atoms with Gasteiger partial charge in [-0.25, -0.2) is 0 Å². The number of nitrogens with one attached hydrogen (secondary N) is 2. The SMILES string of the molecule is CCCCCCCCCCCC(=O)NCC(=O)NCC(=O)O. The fourth-order valence-corrected chi connectivity index (χ4v) is 2.10. The summed E-state index contributed by atoms with van der Waals surface area (Å²) in [7, 11) is 0. The Hall–Kier alpha value is -1.59. The number of aliphatic carboxylic acids is 1. The van der Waals surface area contributed by atoms with E-state index in [1.54, 1.807) is 0 Å². The van der Waals surface area contributed by atoms with Gasteiger partial charge in [0.05, 0.1) is 6.54 Å². The van der Waals surface area contributed by atoms with Gasteiger partial charge in [-0.2, -0.15) is 0 Å². The van der Waals surface area contributed by atoms with Crippen molar-refractivity contribution in [2.45, 2.75) is 71.1 Å². The van der Waals surface area contributed by atoms with Gasteiger partial charge in [-0.05, 0) is 6.42 Å². The maximum atomic E-state index is 11.5.